The van der Waals surface area contributed by atoms with Crippen LogP contribution < -0.4 is 0 Å². The minimum atomic E-state index is -4.99. The molecule has 0 fully saturated rings. The highest BCUT2D eigenvalue weighted by molar-refractivity contribution is 7.88. The lowest BCUT2D eigenvalue weighted by Crippen LogP contribution is -2.41. The number of carboxylic acid groups (broad SMARTS) is 1. The monoisotopic (exact) mass is 208 g/mol. The van der Waals surface area contributed by atoms with Gasteiger partial charge in [0, 0.05) is 11.2 Å². The van der Waals surface area contributed by atoms with Gasteiger partial charge in [0.15, 0.2) is 0 Å². The van der Waals surface area contributed by atoms with Gasteiger partial charge in [-0.1, -0.05) is 4.86 Å². The summed E-state index contributed by atoms with van der Waals surface area (Å²) in [5.74, 6) is -1.94. The number of rotatable bonds is 2. The zero-order chi connectivity index (χ0) is 10.3. The Hall–Kier alpha value is -1.48. The molecule has 0 spiro atoms. The summed E-state index contributed by atoms with van der Waals surface area (Å²) < 4.78 is 29.8. The molecule has 8 nitrogen and oxygen atoms in total. The van der Waals surface area contributed by atoms with E-state index >= 15 is 0 Å². The Labute approximate surface area is 72.1 Å². The average Bonchev–Trinajstić information content (AvgIpc) is 2.30. The molecule has 0 aliphatic carbocycles. The van der Waals surface area contributed by atoms with Crippen LogP contribution in [0.4, 0.5) is 0 Å². The molecular weight excluding hydrogens is 204 g/mol. The van der Waals surface area contributed by atoms with E-state index in [4.69, 9.17) is 9.66 Å². The number of nitrogens with zero attached hydrogens (tertiary/aromatic N) is 2. The van der Waals surface area contributed by atoms with Crippen molar-refractivity contribution in [3.8, 4) is 0 Å². The van der Waals surface area contributed by atoms with Crippen LogP contribution in [0.5, 0.6) is 0 Å². The quantitative estimate of drug-likeness (QED) is 0.345. The van der Waals surface area contributed by atoms with Gasteiger partial charge in [-0.25, -0.2) is 4.79 Å². The van der Waals surface area contributed by atoms with Crippen molar-refractivity contribution in [2.75, 3.05) is 0 Å². The summed E-state index contributed by atoms with van der Waals surface area (Å²) in [6, 6.07) is 0. The standard InChI is InChI=1S/C4H4N2O6S/c7-3(8)4(13(10,11)12)1-2-6(9)5-4/h1-2H,(H,7,8)(H,10,11,12). The van der Waals surface area contributed by atoms with Crippen molar-refractivity contribution in [3.05, 3.63) is 17.5 Å². The Balaban J connectivity index is 3.39. The number of hydrogen-bond donors (Lipinski definition) is 2. The van der Waals surface area contributed by atoms with Gasteiger partial charge in [0.2, 0.25) is 6.20 Å². The molecule has 0 amide bonds. The molecule has 2 N–H and O–H groups in total. The lowest BCUT2D eigenvalue weighted by atomic mass is 10.3. The third-order valence-electron chi connectivity index (χ3n) is 1.37. The largest absolute Gasteiger partial charge is 0.595 e. The first-order chi connectivity index (χ1) is 5.79. The van der Waals surface area contributed by atoms with Crippen LogP contribution in [0, 0.1) is 5.21 Å². The zero-order valence-electron chi connectivity index (χ0n) is 5.98. The van der Waals surface area contributed by atoms with E-state index in [2.05, 4.69) is 5.11 Å². The fraction of sp³-hybridized carbons (Fsp3) is 0.250. The second-order valence-corrected chi connectivity index (χ2v) is 3.77. The number of carbonyl (C=O) groups is 1. The van der Waals surface area contributed by atoms with E-state index in [1.54, 1.807) is 0 Å². The maximum atomic E-state index is 10.6. The minimum absolute atomic E-state index is 0.248. The van der Waals surface area contributed by atoms with Gasteiger partial charge in [-0.2, -0.15) is 8.42 Å². The lowest BCUT2D eigenvalue weighted by Gasteiger charge is -2.08. The van der Waals surface area contributed by atoms with Crippen molar-refractivity contribution in [2.45, 2.75) is 4.87 Å². The van der Waals surface area contributed by atoms with Crippen LogP contribution in [0.15, 0.2) is 17.4 Å². The van der Waals surface area contributed by atoms with Crippen LogP contribution in [0.25, 0.3) is 0 Å². The van der Waals surface area contributed by atoms with Gasteiger partial charge >= 0.3 is 21.0 Å². The number of aliphatic carboxylic acids is 1. The number of hydrogen-bond acceptors (Lipinski definition) is 5. The second-order valence-electron chi connectivity index (χ2n) is 2.19. The molecule has 0 aromatic carbocycles. The Morgan fingerprint density at radius 1 is 1.62 bits per heavy atom. The van der Waals surface area contributed by atoms with E-state index in [0.29, 0.717) is 12.3 Å². The van der Waals surface area contributed by atoms with E-state index in [-0.39, 0.29) is 4.86 Å². The van der Waals surface area contributed by atoms with Gasteiger partial charge in [-0.3, -0.25) is 4.55 Å². The smallest absolute Gasteiger partial charge is 0.367 e. The molecule has 1 aliphatic heterocycles. The highest BCUT2D eigenvalue weighted by Crippen LogP contribution is 2.25. The molecule has 0 bridgehead atoms. The van der Waals surface area contributed by atoms with Crippen molar-refractivity contribution in [1.82, 2.24) is 0 Å². The van der Waals surface area contributed by atoms with E-state index < -0.39 is 21.0 Å². The summed E-state index contributed by atoms with van der Waals surface area (Å²) >= 11 is 0. The Bertz CT molecular complexity index is 408. The Morgan fingerprint density at radius 3 is 2.31 bits per heavy atom. The summed E-state index contributed by atoms with van der Waals surface area (Å²) in [6.07, 6.45) is 1.07. The predicted octanol–water partition coefficient (Wildman–Crippen LogP) is -0.855. The molecule has 1 heterocycles. The molecule has 9 heteroatoms. The summed E-state index contributed by atoms with van der Waals surface area (Å²) in [5.41, 5.74) is 0. The van der Waals surface area contributed by atoms with Crippen LogP contribution in [0.3, 0.4) is 0 Å². The van der Waals surface area contributed by atoms with Crippen molar-refractivity contribution in [1.29, 1.82) is 0 Å². The predicted molar refractivity (Wildman–Crippen MR) is 37.1 cm³/mol. The number of carboxylic acids is 1. The van der Waals surface area contributed by atoms with Gasteiger partial charge in [-0.15, -0.1) is 0 Å². The third-order valence-corrected chi connectivity index (χ3v) is 2.55. The minimum Gasteiger partial charge on any atom is -0.595 e. The van der Waals surface area contributed by atoms with Crippen LogP contribution >= 0.6 is 0 Å². The Morgan fingerprint density at radius 2 is 2.15 bits per heavy atom. The van der Waals surface area contributed by atoms with Gasteiger partial charge in [-0.05, 0) is 0 Å². The molecule has 0 saturated carbocycles. The Kier molecular flexibility index (Phi) is 1.85. The SMILES string of the molecule is O=C(O)C1(S(=O)(=O)O)C=C[N+]([O-])=N1. The summed E-state index contributed by atoms with van der Waals surface area (Å²) in [6.45, 7) is 0. The third kappa shape index (κ3) is 1.27. The highest BCUT2D eigenvalue weighted by Gasteiger charge is 2.56. The normalized spacial score (nSPS) is 27.3. The van der Waals surface area contributed by atoms with Crippen LogP contribution in [0.1, 0.15) is 0 Å². The molecule has 1 rings (SSSR count). The first kappa shape index (κ1) is 9.61. The molecule has 0 radical (unpaired) electrons. The van der Waals surface area contributed by atoms with Gasteiger partial charge in [0.25, 0.3) is 0 Å². The van der Waals surface area contributed by atoms with E-state index in [0.717, 1.165) is 0 Å². The molecule has 1 atom stereocenters. The van der Waals surface area contributed by atoms with Crippen LogP contribution in [-0.4, -0.2) is 33.8 Å². The molecule has 0 saturated heterocycles. The summed E-state index contributed by atoms with van der Waals surface area (Å²) in [7, 11) is -4.99. The fourth-order valence-corrected chi connectivity index (χ4v) is 1.38. The van der Waals surface area contributed by atoms with Crippen molar-refractivity contribution in [3.63, 3.8) is 0 Å². The molecule has 72 valence electrons. The van der Waals surface area contributed by atoms with E-state index in [1.807, 2.05) is 0 Å². The van der Waals surface area contributed by atoms with E-state index in [1.165, 1.54) is 0 Å². The topological polar surface area (TPSA) is 130 Å². The molecule has 0 aromatic rings. The molecule has 13 heavy (non-hydrogen) atoms. The molecular formula is C4H4N2O6S. The van der Waals surface area contributed by atoms with E-state index in [9.17, 15) is 18.4 Å². The first-order valence-corrected chi connectivity index (χ1v) is 4.32. The highest BCUT2D eigenvalue weighted by atomic mass is 32.2. The van der Waals surface area contributed by atoms with Crippen molar-refractivity contribution < 1.29 is 27.7 Å². The first-order valence-electron chi connectivity index (χ1n) is 2.88. The zero-order valence-corrected chi connectivity index (χ0v) is 6.80. The maximum absolute atomic E-state index is 10.6. The average molecular weight is 208 g/mol. The molecule has 0 aromatic heterocycles. The van der Waals surface area contributed by atoms with Crippen LogP contribution in [-0.2, 0) is 14.9 Å². The maximum Gasteiger partial charge on any atom is 0.367 e. The summed E-state index contributed by atoms with van der Waals surface area (Å²) in [5, 5.41) is 21.6. The lowest BCUT2D eigenvalue weighted by molar-refractivity contribution is -0.453. The molecule has 1 unspecified atom stereocenters. The fourth-order valence-electron chi connectivity index (χ4n) is 0.740. The van der Waals surface area contributed by atoms with Gasteiger partial charge in [0.1, 0.15) is 0 Å². The summed E-state index contributed by atoms with van der Waals surface area (Å²) in [4.78, 5) is 7.32. The van der Waals surface area contributed by atoms with Gasteiger partial charge < -0.3 is 10.3 Å². The number of hydroxylamine groups is 1. The number of azo groups is 1. The second kappa shape index (κ2) is 2.50. The van der Waals surface area contributed by atoms with Gasteiger partial charge in [0.05, 0.1) is 0 Å². The van der Waals surface area contributed by atoms with Crippen molar-refractivity contribution >= 4 is 16.1 Å². The van der Waals surface area contributed by atoms with Crippen LogP contribution in [0.2, 0.25) is 0 Å². The van der Waals surface area contributed by atoms with Crippen molar-refractivity contribution in [2.24, 2.45) is 5.11 Å². The molecule has 1 aliphatic rings.